The molecule has 0 aromatic rings. The average molecular weight is 669 g/mol. The zero-order valence-corrected chi connectivity index (χ0v) is 29.3. The van der Waals surface area contributed by atoms with E-state index in [1.807, 2.05) is 12.2 Å². The number of carbonyl (C=O) groups excluding carboxylic acids is 3. The minimum atomic E-state index is -4.80. The van der Waals surface area contributed by atoms with Crippen LogP contribution in [-0.2, 0) is 32.9 Å². The molecule has 0 aromatic heterocycles. The van der Waals surface area contributed by atoms with Crippen LogP contribution in [0.3, 0.4) is 0 Å². The summed E-state index contributed by atoms with van der Waals surface area (Å²) < 4.78 is 26.0. The molecule has 0 saturated carbocycles. The number of phosphoric acid groups is 1. The minimum absolute atomic E-state index is 0.0219. The van der Waals surface area contributed by atoms with Crippen LogP contribution in [0.1, 0.15) is 142 Å². The van der Waals surface area contributed by atoms with Gasteiger partial charge in [-0.3, -0.25) is 18.9 Å². The monoisotopic (exact) mass is 668 g/mol. The van der Waals surface area contributed by atoms with Crippen LogP contribution >= 0.6 is 7.82 Å². The molecule has 264 valence electrons. The van der Waals surface area contributed by atoms with Crippen LogP contribution in [0.2, 0.25) is 0 Å². The van der Waals surface area contributed by atoms with Crippen LogP contribution in [-0.4, -0.2) is 46.8 Å². The molecule has 46 heavy (non-hydrogen) atoms. The van der Waals surface area contributed by atoms with E-state index in [0.29, 0.717) is 6.42 Å². The summed E-state index contributed by atoms with van der Waals surface area (Å²) in [5.74, 6) is -1.26. The fourth-order valence-corrected chi connectivity index (χ4v) is 4.80. The molecule has 0 amide bonds. The topological polar surface area (TPSA) is 136 Å². The van der Waals surface area contributed by atoms with E-state index in [2.05, 4.69) is 42.7 Å². The Kier molecular flexibility index (Phi) is 29.7. The fraction of sp³-hybridized carbons (Fsp3) is 0.694. The average Bonchev–Trinajstić information content (AvgIpc) is 3.01. The molecule has 0 rings (SSSR count). The first-order chi connectivity index (χ1) is 22.2. The molecule has 10 heteroatoms. The number of hydrogen-bond donors (Lipinski definition) is 2. The maximum atomic E-state index is 12.3. The van der Waals surface area contributed by atoms with Gasteiger partial charge in [0.1, 0.15) is 6.61 Å². The molecule has 0 heterocycles. The summed E-state index contributed by atoms with van der Waals surface area (Å²) in [5, 5.41) is 0. The highest BCUT2D eigenvalue weighted by Crippen LogP contribution is 2.35. The zero-order chi connectivity index (χ0) is 34.1. The Morgan fingerprint density at radius 3 is 1.85 bits per heavy atom. The standard InChI is InChI=1S/C36H61O9P/c1-3-5-7-9-11-13-15-16-17-18-20-22-24-27-33(37)28-26-30-35(38)43-31-34(32-44-46(40,41)42)45-36(39)29-25-23-21-19-14-12-10-8-6-4-2/h11,13,16-17,20,22,24,27,34H,3-10,12,14-15,18-19,21,23,25-26,28-32H2,1-2H3,(H2,40,41,42)/b13-11-,17-16-,22-20-,27-24+/t34-/m1/s1. The van der Waals surface area contributed by atoms with Crippen molar-refractivity contribution in [3.8, 4) is 0 Å². The Morgan fingerprint density at radius 2 is 1.20 bits per heavy atom. The number of hydrogen-bond acceptors (Lipinski definition) is 7. The predicted octanol–water partition coefficient (Wildman–Crippen LogP) is 9.19. The molecule has 0 spiro atoms. The molecule has 0 saturated heterocycles. The molecule has 2 N–H and O–H groups in total. The van der Waals surface area contributed by atoms with Crippen molar-refractivity contribution in [1.29, 1.82) is 0 Å². The zero-order valence-electron chi connectivity index (χ0n) is 28.5. The molecule has 0 fully saturated rings. The molecule has 0 unspecified atom stereocenters. The van der Waals surface area contributed by atoms with Crippen LogP contribution in [0.25, 0.3) is 0 Å². The summed E-state index contributed by atoms with van der Waals surface area (Å²) in [6.45, 7) is 3.40. The normalized spacial score (nSPS) is 13.0. The maximum Gasteiger partial charge on any atom is 0.469 e. The molecule has 0 aliphatic rings. The van der Waals surface area contributed by atoms with Crippen LogP contribution in [0.5, 0.6) is 0 Å². The Morgan fingerprint density at radius 1 is 0.630 bits per heavy atom. The lowest BCUT2D eigenvalue weighted by Crippen LogP contribution is -2.29. The third kappa shape index (κ3) is 33.1. The highest BCUT2D eigenvalue weighted by atomic mass is 31.2. The first kappa shape index (κ1) is 43.7. The molecule has 0 bridgehead atoms. The van der Waals surface area contributed by atoms with Crippen molar-refractivity contribution in [2.75, 3.05) is 13.2 Å². The van der Waals surface area contributed by atoms with Gasteiger partial charge in [0, 0.05) is 19.3 Å². The largest absolute Gasteiger partial charge is 0.469 e. The highest BCUT2D eigenvalue weighted by Gasteiger charge is 2.23. The van der Waals surface area contributed by atoms with Gasteiger partial charge in [0.15, 0.2) is 11.9 Å². The lowest BCUT2D eigenvalue weighted by atomic mass is 10.1. The van der Waals surface area contributed by atoms with Crippen molar-refractivity contribution in [2.45, 2.75) is 148 Å². The summed E-state index contributed by atoms with van der Waals surface area (Å²) in [4.78, 5) is 54.5. The third-order valence-electron chi connectivity index (χ3n) is 7.08. The number of phosphoric ester groups is 1. The van der Waals surface area contributed by atoms with E-state index in [4.69, 9.17) is 19.3 Å². The molecule has 0 radical (unpaired) electrons. The van der Waals surface area contributed by atoms with Crippen molar-refractivity contribution in [3.63, 3.8) is 0 Å². The van der Waals surface area contributed by atoms with Crippen molar-refractivity contribution in [3.05, 3.63) is 48.6 Å². The van der Waals surface area contributed by atoms with Gasteiger partial charge in [-0.2, -0.15) is 0 Å². The Balaban J connectivity index is 4.23. The van der Waals surface area contributed by atoms with Crippen molar-refractivity contribution in [1.82, 2.24) is 0 Å². The summed E-state index contributed by atoms with van der Waals surface area (Å²) in [5.41, 5.74) is 0. The molecule has 9 nitrogen and oxygen atoms in total. The van der Waals surface area contributed by atoms with E-state index in [9.17, 15) is 18.9 Å². The van der Waals surface area contributed by atoms with E-state index in [-0.39, 0.29) is 31.5 Å². The number of carbonyl (C=O) groups is 3. The number of ether oxygens (including phenoxy) is 2. The maximum absolute atomic E-state index is 12.3. The SMILES string of the molecule is CCCCC/C=C\C/C=C\C/C=C\C=C\C(=O)CCCC(=O)OC[C@H](COP(=O)(O)O)OC(=O)CCCCCCCCCCCC. The van der Waals surface area contributed by atoms with Gasteiger partial charge in [0.2, 0.25) is 0 Å². The van der Waals surface area contributed by atoms with Crippen molar-refractivity contribution < 1.29 is 42.7 Å². The summed E-state index contributed by atoms with van der Waals surface area (Å²) in [6, 6.07) is 0. The Labute approximate surface area is 278 Å². The smallest absolute Gasteiger partial charge is 0.462 e. The molecular weight excluding hydrogens is 607 g/mol. The van der Waals surface area contributed by atoms with Gasteiger partial charge < -0.3 is 19.3 Å². The molecule has 0 aliphatic carbocycles. The predicted molar refractivity (Wildman–Crippen MR) is 184 cm³/mol. The fourth-order valence-electron chi connectivity index (χ4n) is 4.44. The number of unbranched alkanes of at least 4 members (excludes halogenated alkanes) is 12. The van der Waals surface area contributed by atoms with Gasteiger partial charge >= 0.3 is 19.8 Å². The van der Waals surface area contributed by atoms with Gasteiger partial charge in [-0.1, -0.05) is 127 Å². The first-order valence-corrected chi connectivity index (χ1v) is 18.9. The Bertz CT molecular complexity index is 949. The van der Waals surface area contributed by atoms with Gasteiger partial charge in [0.05, 0.1) is 6.61 Å². The van der Waals surface area contributed by atoms with Crippen LogP contribution < -0.4 is 0 Å². The summed E-state index contributed by atoms with van der Waals surface area (Å²) >= 11 is 0. The quantitative estimate of drug-likeness (QED) is 0.0185. The van der Waals surface area contributed by atoms with E-state index in [0.717, 1.165) is 38.5 Å². The van der Waals surface area contributed by atoms with E-state index >= 15 is 0 Å². The number of esters is 2. The van der Waals surface area contributed by atoms with Gasteiger partial charge in [-0.25, -0.2) is 4.57 Å². The second-order valence-electron chi connectivity index (χ2n) is 11.5. The Hall–Kier alpha value is -2.32. The van der Waals surface area contributed by atoms with Crippen molar-refractivity contribution in [2.24, 2.45) is 0 Å². The second-order valence-corrected chi connectivity index (χ2v) is 12.8. The molecular formula is C36H61O9P. The van der Waals surface area contributed by atoms with Gasteiger partial charge in [0.25, 0.3) is 0 Å². The van der Waals surface area contributed by atoms with E-state index < -0.39 is 39.1 Å². The van der Waals surface area contributed by atoms with Crippen LogP contribution in [0, 0.1) is 0 Å². The van der Waals surface area contributed by atoms with Gasteiger partial charge in [-0.05, 0) is 44.6 Å². The van der Waals surface area contributed by atoms with E-state index in [1.165, 1.54) is 63.9 Å². The molecule has 0 aromatic carbocycles. The number of rotatable bonds is 31. The van der Waals surface area contributed by atoms with Gasteiger partial charge in [-0.15, -0.1) is 0 Å². The summed E-state index contributed by atoms with van der Waals surface area (Å²) in [6.07, 6.45) is 32.8. The van der Waals surface area contributed by atoms with Crippen molar-refractivity contribution >= 4 is 25.5 Å². The van der Waals surface area contributed by atoms with Crippen LogP contribution in [0.15, 0.2) is 48.6 Å². The highest BCUT2D eigenvalue weighted by molar-refractivity contribution is 7.46. The lowest BCUT2D eigenvalue weighted by Gasteiger charge is -2.18. The first-order valence-electron chi connectivity index (χ1n) is 17.4. The third-order valence-corrected chi connectivity index (χ3v) is 7.56. The number of allylic oxidation sites excluding steroid dienone is 8. The van der Waals surface area contributed by atoms with Crippen LogP contribution in [0.4, 0.5) is 0 Å². The van der Waals surface area contributed by atoms with E-state index in [1.54, 1.807) is 6.08 Å². The number of ketones is 1. The second kappa shape index (κ2) is 31.3. The minimum Gasteiger partial charge on any atom is -0.462 e. The molecule has 0 aliphatic heterocycles. The summed E-state index contributed by atoms with van der Waals surface area (Å²) in [7, 11) is -4.80. The lowest BCUT2D eigenvalue weighted by molar-refractivity contribution is -0.161. The molecule has 1 atom stereocenters.